The molecule has 108 valence electrons. The van der Waals surface area contributed by atoms with Gasteiger partial charge in [-0.05, 0) is 54.7 Å². The summed E-state index contributed by atoms with van der Waals surface area (Å²) in [7, 11) is 0. The Bertz CT molecular complexity index is 640. The Morgan fingerprint density at radius 2 is 2.00 bits per heavy atom. The van der Waals surface area contributed by atoms with E-state index in [9.17, 15) is 4.79 Å². The van der Waals surface area contributed by atoms with Gasteiger partial charge in [0.2, 0.25) is 0 Å². The molecule has 0 aliphatic heterocycles. The first kappa shape index (κ1) is 13.8. The molecule has 2 aromatic rings. The number of aryl methyl sites for hydroxylation is 1. The van der Waals surface area contributed by atoms with Crippen LogP contribution in [0.25, 0.3) is 0 Å². The van der Waals surface area contributed by atoms with E-state index in [0.29, 0.717) is 5.56 Å². The molecule has 0 spiro atoms. The van der Waals surface area contributed by atoms with Crippen molar-refractivity contribution < 1.29 is 4.79 Å². The summed E-state index contributed by atoms with van der Waals surface area (Å²) >= 11 is 0. The number of carbonyl (C=O) groups excluding carboxylic acids is 1. The number of carbonyl (C=O) groups is 1. The smallest absolute Gasteiger partial charge is 0.255 e. The van der Waals surface area contributed by atoms with Crippen molar-refractivity contribution in [3.8, 4) is 0 Å². The fourth-order valence-corrected chi connectivity index (χ4v) is 2.80. The summed E-state index contributed by atoms with van der Waals surface area (Å²) in [4.78, 5) is 16.2. The summed E-state index contributed by atoms with van der Waals surface area (Å²) in [5.74, 6) is -0.0955. The third-order valence-electron chi connectivity index (χ3n) is 3.95. The van der Waals surface area contributed by atoms with E-state index in [0.717, 1.165) is 31.4 Å². The molecule has 3 N–H and O–H groups in total. The SMILES string of the molecule is N[C@@H]1CCCCc2cc(C(=O)Nc3ccncc3)ccc21. The molecule has 0 saturated carbocycles. The van der Waals surface area contributed by atoms with Crippen molar-refractivity contribution in [3.63, 3.8) is 0 Å². The van der Waals surface area contributed by atoms with Gasteiger partial charge in [-0.2, -0.15) is 0 Å². The highest BCUT2D eigenvalue weighted by atomic mass is 16.1. The monoisotopic (exact) mass is 281 g/mol. The number of anilines is 1. The van der Waals surface area contributed by atoms with Crippen molar-refractivity contribution in [1.29, 1.82) is 0 Å². The predicted octanol–water partition coefficient (Wildman–Crippen LogP) is 3.06. The molecule has 21 heavy (non-hydrogen) atoms. The van der Waals surface area contributed by atoms with Gasteiger partial charge < -0.3 is 11.1 Å². The summed E-state index contributed by atoms with van der Waals surface area (Å²) < 4.78 is 0. The largest absolute Gasteiger partial charge is 0.324 e. The van der Waals surface area contributed by atoms with Gasteiger partial charge in [0.15, 0.2) is 0 Å². The van der Waals surface area contributed by atoms with Crippen molar-refractivity contribution in [1.82, 2.24) is 4.98 Å². The first-order chi connectivity index (χ1) is 10.2. The highest BCUT2D eigenvalue weighted by Crippen LogP contribution is 2.27. The fourth-order valence-electron chi connectivity index (χ4n) is 2.80. The zero-order chi connectivity index (χ0) is 14.7. The maximum absolute atomic E-state index is 12.3. The standard InChI is InChI=1S/C17H19N3O/c18-16-4-2-1-3-12-11-13(5-6-15(12)16)17(21)20-14-7-9-19-10-8-14/h5-11,16H,1-4,18H2,(H,19,20,21)/t16-/m1/s1. The molecule has 3 rings (SSSR count). The molecule has 1 heterocycles. The molecular weight excluding hydrogens is 262 g/mol. The number of pyridine rings is 1. The van der Waals surface area contributed by atoms with Crippen LogP contribution in [0, 0.1) is 0 Å². The van der Waals surface area contributed by atoms with Crippen LogP contribution in [0.15, 0.2) is 42.7 Å². The average Bonchev–Trinajstić information content (AvgIpc) is 2.70. The van der Waals surface area contributed by atoms with Crippen LogP contribution in [0.4, 0.5) is 5.69 Å². The van der Waals surface area contributed by atoms with E-state index in [1.807, 2.05) is 18.2 Å². The van der Waals surface area contributed by atoms with Gasteiger partial charge in [-0.15, -0.1) is 0 Å². The second-order valence-corrected chi connectivity index (χ2v) is 5.46. The van der Waals surface area contributed by atoms with Gasteiger partial charge in [0.25, 0.3) is 5.91 Å². The number of nitrogens with zero attached hydrogens (tertiary/aromatic N) is 1. The Morgan fingerprint density at radius 3 is 2.81 bits per heavy atom. The molecule has 1 aliphatic rings. The van der Waals surface area contributed by atoms with Crippen molar-refractivity contribution in [2.45, 2.75) is 31.7 Å². The summed E-state index contributed by atoms with van der Waals surface area (Å²) in [6, 6.07) is 9.50. The Balaban J connectivity index is 1.83. The van der Waals surface area contributed by atoms with Gasteiger partial charge in [0.05, 0.1) is 0 Å². The molecule has 4 nitrogen and oxygen atoms in total. The fraction of sp³-hybridized carbons (Fsp3) is 0.294. The van der Waals surface area contributed by atoms with Gasteiger partial charge in [-0.1, -0.05) is 12.5 Å². The Hall–Kier alpha value is -2.20. The minimum absolute atomic E-state index is 0.0955. The Morgan fingerprint density at radius 1 is 1.19 bits per heavy atom. The van der Waals surface area contributed by atoms with Crippen LogP contribution in [-0.4, -0.2) is 10.9 Å². The molecule has 0 saturated heterocycles. The molecule has 1 aromatic carbocycles. The normalized spacial score (nSPS) is 17.7. The minimum atomic E-state index is -0.0955. The topological polar surface area (TPSA) is 68.0 Å². The molecule has 1 atom stereocenters. The number of benzene rings is 1. The Labute approximate surface area is 124 Å². The highest BCUT2D eigenvalue weighted by Gasteiger charge is 2.17. The van der Waals surface area contributed by atoms with Gasteiger partial charge in [-0.3, -0.25) is 9.78 Å². The molecule has 0 unspecified atom stereocenters. The van der Waals surface area contributed by atoms with Crippen molar-refractivity contribution in [3.05, 3.63) is 59.4 Å². The summed E-state index contributed by atoms with van der Waals surface area (Å²) in [6.45, 7) is 0. The van der Waals surface area contributed by atoms with Crippen LogP contribution in [0.1, 0.15) is 46.8 Å². The molecule has 0 bridgehead atoms. The number of aromatic nitrogens is 1. The molecule has 1 amide bonds. The average molecular weight is 281 g/mol. The van der Waals surface area contributed by atoms with Gasteiger partial charge >= 0.3 is 0 Å². The van der Waals surface area contributed by atoms with Crippen molar-refractivity contribution in [2.75, 3.05) is 5.32 Å². The van der Waals surface area contributed by atoms with Crippen LogP contribution in [0.5, 0.6) is 0 Å². The predicted molar refractivity (Wildman–Crippen MR) is 83.1 cm³/mol. The van der Waals surface area contributed by atoms with Crippen molar-refractivity contribution in [2.24, 2.45) is 5.73 Å². The third-order valence-corrected chi connectivity index (χ3v) is 3.95. The van der Waals surface area contributed by atoms with Gasteiger partial charge in [0.1, 0.15) is 0 Å². The number of hydrogen-bond acceptors (Lipinski definition) is 3. The van der Waals surface area contributed by atoms with E-state index in [1.165, 1.54) is 11.1 Å². The second-order valence-electron chi connectivity index (χ2n) is 5.46. The lowest BCUT2D eigenvalue weighted by Crippen LogP contribution is -2.14. The molecule has 1 aromatic heterocycles. The lowest BCUT2D eigenvalue weighted by molar-refractivity contribution is 0.102. The number of nitrogens with one attached hydrogen (secondary N) is 1. The molecule has 4 heteroatoms. The van der Waals surface area contributed by atoms with Gasteiger partial charge in [-0.25, -0.2) is 0 Å². The molecule has 1 aliphatic carbocycles. The van der Waals surface area contributed by atoms with E-state index >= 15 is 0 Å². The molecule has 0 fully saturated rings. The maximum Gasteiger partial charge on any atom is 0.255 e. The highest BCUT2D eigenvalue weighted by molar-refractivity contribution is 6.04. The lowest BCUT2D eigenvalue weighted by Gasteiger charge is -2.14. The lowest BCUT2D eigenvalue weighted by atomic mass is 9.97. The molecule has 0 radical (unpaired) electrons. The summed E-state index contributed by atoms with van der Waals surface area (Å²) in [6.07, 6.45) is 7.62. The first-order valence-corrected chi connectivity index (χ1v) is 7.34. The quantitative estimate of drug-likeness (QED) is 0.831. The van der Waals surface area contributed by atoms with E-state index in [4.69, 9.17) is 5.73 Å². The first-order valence-electron chi connectivity index (χ1n) is 7.34. The number of fused-ring (bicyclic) bond motifs is 1. The third kappa shape index (κ3) is 3.11. The Kier molecular flexibility index (Phi) is 3.97. The number of rotatable bonds is 2. The van der Waals surface area contributed by atoms with Crippen molar-refractivity contribution >= 4 is 11.6 Å². The van der Waals surface area contributed by atoms with Crippen LogP contribution < -0.4 is 11.1 Å². The second kappa shape index (κ2) is 6.06. The summed E-state index contributed by atoms with van der Waals surface area (Å²) in [5.41, 5.74) is 10.0. The summed E-state index contributed by atoms with van der Waals surface area (Å²) in [5, 5.41) is 2.88. The van der Waals surface area contributed by atoms with E-state index < -0.39 is 0 Å². The number of amides is 1. The van der Waals surface area contributed by atoms with Crippen LogP contribution in [0.3, 0.4) is 0 Å². The molecular formula is C17H19N3O. The van der Waals surface area contributed by atoms with Crippen LogP contribution in [-0.2, 0) is 6.42 Å². The van der Waals surface area contributed by atoms with E-state index in [2.05, 4.69) is 10.3 Å². The van der Waals surface area contributed by atoms with Crippen LogP contribution >= 0.6 is 0 Å². The van der Waals surface area contributed by atoms with Gasteiger partial charge in [0, 0.05) is 29.7 Å². The zero-order valence-corrected chi connectivity index (χ0v) is 11.9. The number of hydrogen-bond donors (Lipinski definition) is 2. The van der Waals surface area contributed by atoms with Crippen LogP contribution in [0.2, 0.25) is 0 Å². The van der Waals surface area contributed by atoms with E-state index in [1.54, 1.807) is 24.5 Å². The number of nitrogens with two attached hydrogens (primary N) is 1. The minimum Gasteiger partial charge on any atom is -0.324 e. The maximum atomic E-state index is 12.3. The van der Waals surface area contributed by atoms with E-state index in [-0.39, 0.29) is 11.9 Å². The zero-order valence-electron chi connectivity index (χ0n) is 11.9.